The van der Waals surface area contributed by atoms with Crippen LogP contribution >= 0.6 is 0 Å². The maximum Gasteiger partial charge on any atom is 0.256 e. The van der Waals surface area contributed by atoms with Crippen molar-refractivity contribution in [2.45, 2.75) is 52.6 Å². The van der Waals surface area contributed by atoms with Gasteiger partial charge >= 0.3 is 0 Å². The molecule has 1 amide bonds. The summed E-state index contributed by atoms with van der Waals surface area (Å²) in [7, 11) is 0. The lowest BCUT2D eigenvalue weighted by atomic mass is 9.82. The molecule has 0 aliphatic carbocycles. The molecule has 1 aliphatic heterocycles. The second-order valence-corrected chi connectivity index (χ2v) is 7.23. The van der Waals surface area contributed by atoms with Gasteiger partial charge in [-0.05, 0) is 39.7 Å². The molecule has 0 fully saturated rings. The molecular formula is C20H25N3O2. The Hall–Kier alpha value is -2.43. The SMILES string of the molecule is CCn1cnc2c(c1=O)CCN(C(=O)C(C)(C)c1ccc(C)cc1)C2. The summed E-state index contributed by atoms with van der Waals surface area (Å²) in [5, 5.41) is 0. The van der Waals surface area contributed by atoms with E-state index in [1.807, 2.05) is 56.9 Å². The number of hydrogen-bond donors (Lipinski definition) is 0. The molecule has 1 aromatic heterocycles. The lowest BCUT2D eigenvalue weighted by molar-refractivity contribution is -0.137. The molecule has 0 spiro atoms. The average Bonchev–Trinajstić information content (AvgIpc) is 2.61. The van der Waals surface area contributed by atoms with Crippen LogP contribution in [0.1, 0.15) is 43.2 Å². The van der Waals surface area contributed by atoms with E-state index in [0.29, 0.717) is 26.1 Å². The van der Waals surface area contributed by atoms with Gasteiger partial charge in [-0.2, -0.15) is 0 Å². The number of aryl methyl sites for hydroxylation is 2. The Kier molecular flexibility index (Phi) is 4.50. The molecule has 2 aromatic rings. The van der Waals surface area contributed by atoms with Crippen LogP contribution in [0.25, 0.3) is 0 Å². The summed E-state index contributed by atoms with van der Waals surface area (Å²) in [4.78, 5) is 31.8. The molecular weight excluding hydrogens is 314 g/mol. The second kappa shape index (κ2) is 6.47. The number of nitrogens with zero attached hydrogens (tertiary/aromatic N) is 3. The Balaban J connectivity index is 1.86. The minimum atomic E-state index is -0.608. The van der Waals surface area contributed by atoms with E-state index in [1.54, 1.807) is 10.9 Å². The van der Waals surface area contributed by atoms with Crippen molar-refractivity contribution >= 4 is 5.91 Å². The third kappa shape index (κ3) is 3.11. The van der Waals surface area contributed by atoms with Crippen LogP contribution in [0.4, 0.5) is 0 Å². The quantitative estimate of drug-likeness (QED) is 0.863. The number of aromatic nitrogens is 2. The Labute approximate surface area is 148 Å². The van der Waals surface area contributed by atoms with Crippen LogP contribution in [-0.2, 0) is 29.7 Å². The van der Waals surface area contributed by atoms with E-state index in [4.69, 9.17) is 0 Å². The summed E-state index contributed by atoms with van der Waals surface area (Å²) in [6.45, 7) is 9.46. The third-order valence-electron chi connectivity index (χ3n) is 5.13. The van der Waals surface area contributed by atoms with E-state index in [-0.39, 0.29) is 11.5 Å². The van der Waals surface area contributed by atoms with Crippen LogP contribution in [-0.4, -0.2) is 26.9 Å². The highest BCUT2D eigenvalue weighted by molar-refractivity contribution is 5.87. The number of fused-ring (bicyclic) bond motifs is 1. The molecule has 0 bridgehead atoms. The normalized spacial score (nSPS) is 14.3. The maximum atomic E-state index is 13.1. The maximum absolute atomic E-state index is 13.1. The minimum Gasteiger partial charge on any atom is -0.336 e. The first-order valence-electron chi connectivity index (χ1n) is 8.78. The molecule has 5 nitrogen and oxygen atoms in total. The predicted molar refractivity (Wildman–Crippen MR) is 97.5 cm³/mol. The number of carbonyl (C=O) groups excluding carboxylic acids is 1. The first kappa shape index (κ1) is 17.4. The Morgan fingerprint density at radius 3 is 2.56 bits per heavy atom. The minimum absolute atomic E-state index is 0.0254. The molecule has 0 saturated carbocycles. The molecule has 25 heavy (non-hydrogen) atoms. The summed E-state index contributed by atoms with van der Waals surface area (Å²) >= 11 is 0. The highest BCUT2D eigenvalue weighted by Gasteiger charge is 2.35. The zero-order valence-electron chi connectivity index (χ0n) is 15.4. The fraction of sp³-hybridized carbons (Fsp3) is 0.450. The molecule has 0 unspecified atom stereocenters. The molecule has 1 aromatic carbocycles. The molecule has 132 valence electrons. The van der Waals surface area contributed by atoms with Crippen LogP contribution in [0.5, 0.6) is 0 Å². The van der Waals surface area contributed by atoms with Crippen molar-refractivity contribution < 1.29 is 4.79 Å². The van der Waals surface area contributed by atoms with Gasteiger partial charge in [-0.25, -0.2) is 4.98 Å². The van der Waals surface area contributed by atoms with Crippen LogP contribution in [0.15, 0.2) is 35.4 Å². The van der Waals surface area contributed by atoms with E-state index >= 15 is 0 Å². The van der Waals surface area contributed by atoms with E-state index < -0.39 is 5.41 Å². The van der Waals surface area contributed by atoms with E-state index in [1.165, 1.54) is 5.56 Å². The zero-order valence-corrected chi connectivity index (χ0v) is 15.4. The van der Waals surface area contributed by atoms with Crippen molar-refractivity contribution in [2.75, 3.05) is 6.54 Å². The third-order valence-corrected chi connectivity index (χ3v) is 5.13. The fourth-order valence-corrected chi connectivity index (χ4v) is 3.35. The first-order chi connectivity index (χ1) is 11.8. The number of rotatable bonds is 3. The van der Waals surface area contributed by atoms with Gasteiger partial charge in [-0.3, -0.25) is 14.2 Å². The highest BCUT2D eigenvalue weighted by Crippen LogP contribution is 2.28. The highest BCUT2D eigenvalue weighted by atomic mass is 16.2. The van der Waals surface area contributed by atoms with Crippen molar-refractivity contribution in [2.24, 2.45) is 0 Å². The summed E-state index contributed by atoms with van der Waals surface area (Å²) in [5.41, 5.74) is 3.08. The monoisotopic (exact) mass is 339 g/mol. The standard InChI is InChI=1S/C20H25N3O2/c1-5-22-13-21-17-12-23(11-10-16(17)18(22)24)19(25)20(3,4)15-8-6-14(2)7-9-15/h6-9,13H,5,10-12H2,1-4H3. The van der Waals surface area contributed by atoms with Gasteiger partial charge in [0.1, 0.15) is 0 Å². The van der Waals surface area contributed by atoms with Crippen LogP contribution in [0, 0.1) is 6.92 Å². The van der Waals surface area contributed by atoms with Gasteiger partial charge in [0.15, 0.2) is 0 Å². The molecule has 0 N–H and O–H groups in total. The fourth-order valence-electron chi connectivity index (χ4n) is 3.35. The van der Waals surface area contributed by atoms with Crippen molar-refractivity contribution in [3.8, 4) is 0 Å². The Morgan fingerprint density at radius 1 is 1.24 bits per heavy atom. The van der Waals surface area contributed by atoms with Gasteiger partial charge in [0, 0.05) is 18.7 Å². The molecule has 3 rings (SSSR count). The second-order valence-electron chi connectivity index (χ2n) is 7.23. The van der Waals surface area contributed by atoms with Crippen molar-refractivity contribution in [3.05, 3.63) is 63.3 Å². The Morgan fingerprint density at radius 2 is 1.92 bits per heavy atom. The molecule has 2 heterocycles. The van der Waals surface area contributed by atoms with Crippen LogP contribution < -0.4 is 5.56 Å². The number of carbonyl (C=O) groups is 1. The van der Waals surface area contributed by atoms with E-state index in [0.717, 1.165) is 16.8 Å². The van der Waals surface area contributed by atoms with Crippen molar-refractivity contribution in [1.82, 2.24) is 14.5 Å². The molecule has 0 atom stereocenters. The predicted octanol–water partition coefficient (Wildman–Crippen LogP) is 2.43. The van der Waals surface area contributed by atoms with Gasteiger partial charge in [-0.15, -0.1) is 0 Å². The van der Waals surface area contributed by atoms with E-state index in [2.05, 4.69) is 4.98 Å². The average molecular weight is 339 g/mol. The van der Waals surface area contributed by atoms with Crippen molar-refractivity contribution in [3.63, 3.8) is 0 Å². The van der Waals surface area contributed by atoms with Gasteiger partial charge in [-0.1, -0.05) is 29.8 Å². The summed E-state index contributed by atoms with van der Waals surface area (Å²) in [5.74, 6) is 0.0727. The summed E-state index contributed by atoms with van der Waals surface area (Å²) in [6, 6.07) is 8.10. The Bertz CT molecular complexity index is 850. The largest absolute Gasteiger partial charge is 0.336 e. The van der Waals surface area contributed by atoms with Crippen LogP contribution in [0.2, 0.25) is 0 Å². The van der Waals surface area contributed by atoms with E-state index in [9.17, 15) is 9.59 Å². The molecule has 0 saturated heterocycles. The topological polar surface area (TPSA) is 55.2 Å². The molecule has 5 heteroatoms. The number of hydrogen-bond acceptors (Lipinski definition) is 3. The summed E-state index contributed by atoms with van der Waals surface area (Å²) < 4.78 is 1.62. The number of amides is 1. The zero-order chi connectivity index (χ0) is 18.2. The first-order valence-corrected chi connectivity index (χ1v) is 8.78. The van der Waals surface area contributed by atoms with Gasteiger partial charge in [0.05, 0.1) is 24.0 Å². The van der Waals surface area contributed by atoms with Crippen molar-refractivity contribution in [1.29, 1.82) is 0 Å². The molecule has 1 aliphatic rings. The van der Waals surface area contributed by atoms with Crippen LogP contribution in [0.3, 0.4) is 0 Å². The number of benzene rings is 1. The lowest BCUT2D eigenvalue weighted by Crippen LogP contribution is -2.47. The van der Waals surface area contributed by atoms with Gasteiger partial charge < -0.3 is 4.90 Å². The molecule has 0 radical (unpaired) electrons. The summed E-state index contributed by atoms with van der Waals surface area (Å²) in [6.07, 6.45) is 2.15. The van der Waals surface area contributed by atoms with Gasteiger partial charge in [0.2, 0.25) is 5.91 Å². The lowest BCUT2D eigenvalue weighted by Gasteiger charge is -2.35. The van der Waals surface area contributed by atoms with Gasteiger partial charge in [0.25, 0.3) is 5.56 Å². The smallest absolute Gasteiger partial charge is 0.256 e.